The van der Waals surface area contributed by atoms with Crippen molar-refractivity contribution >= 4 is 28.2 Å². The lowest BCUT2D eigenvalue weighted by atomic mass is 10.1. The first-order valence-corrected chi connectivity index (χ1v) is 6.68. The van der Waals surface area contributed by atoms with Crippen molar-refractivity contribution in [2.45, 2.75) is 0 Å². The molecule has 1 aromatic heterocycles. The minimum absolute atomic E-state index is 0.0708. The minimum atomic E-state index is -0.0708. The van der Waals surface area contributed by atoms with Crippen LogP contribution in [0.3, 0.4) is 0 Å². The molecule has 0 saturated heterocycles. The smallest absolute Gasteiger partial charge is 0.145 e. The molecule has 104 valence electrons. The van der Waals surface area contributed by atoms with Gasteiger partial charge in [0.1, 0.15) is 23.0 Å². The van der Waals surface area contributed by atoms with E-state index in [0.29, 0.717) is 22.2 Å². The van der Waals surface area contributed by atoms with Crippen LogP contribution in [0.1, 0.15) is 5.69 Å². The molecule has 2 aromatic carbocycles. The van der Waals surface area contributed by atoms with Crippen LogP contribution in [0, 0.1) is 5.41 Å². The van der Waals surface area contributed by atoms with Gasteiger partial charge in [-0.15, -0.1) is 0 Å². The fraction of sp³-hybridized carbons (Fsp3) is 0. The summed E-state index contributed by atoms with van der Waals surface area (Å²) in [5.74, 6) is 1.21. The summed E-state index contributed by atoms with van der Waals surface area (Å²) < 4.78 is 5.85. The third kappa shape index (κ3) is 2.66. The number of amidine groups is 1. The van der Waals surface area contributed by atoms with Gasteiger partial charge in [-0.1, -0.05) is 35.9 Å². The molecule has 0 aliphatic carbocycles. The van der Waals surface area contributed by atoms with Crippen molar-refractivity contribution in [3.05, 3.63) is 65.4 Å². The number of aromatic nitrogens is 1. The van der Waals surface area contributed by atoms with Crippen LogP contribution in [0.25, 0.3) is 10.8 Å². The summed E-state index contributed by atoms with van der Waals surface area (Å²) >= 11 is 6.18. The number of hydrogen-bond donors (Lipinski definition) is 2. The van der Waals surface area contributed by atoms with Crippen LogP contribution in [0.4, 0.5) is 0 Å². The summed E-state index contributed by atoms with van der Waals surface area (Å²) in [6.45, 7) is 0. The van der Waals surface area contributed by atoms with E-state index < -0.39 is 0 Å². The SMILES string of the molecule is N=C(N)c1ccc(Oc2ccc(Cl)c3ccccc23)cn1. The highest BCUT2D eigenvalue weighted by atomic mass is 35.5. The molecule has 0 saturated carbocycles. The first-order valence-electron chi connectivity index (χ1n) is 6.31. The molecule has 0 atom stereocenters. The largest absolute Gasteiger partial charge is 0.455 e. The maximum Gasteiger partial charge on any atom is 0.145 e. The Morgan fingerprint density at radius 3 is 2.48 bits per heavy atom. The van der Waals surface area contributed by atoms with Crippen LogP contribution in [0.2, 0.25) is 5.02 Å². The number of benzene rings is 2. The number of hydrogen-bond acceptors (Lipinski definition) is 3. The summed E-state index contributed by atoms with van der Waals surface area (Å²) in [6, 6.07) is 14.8. The first kappa shape index (κ1) is 13.4. The highest BCUT2D eigenvalue weighted by molar-refractivity contribution is 6.35. The van der Waals surface area contributed by atoms with E-state index in [4.69, 9.17) is 27.5 Å². The second-order valence-electron chi connectivity index (χ2n) is 4.49. The maximum atomic E-state index is 7.32. The van der Waals surface area contributed by atoms with Crippen molar-refractivity contribution < 1.29 is 4.74 Å². The van der Waals surface area contributed by atoms with E-state index in [2.05, 4.69) is 4.98 Å². The molecule has 0 aliphatic heterocycles. The second kappa shape index (κ2) is 5.42. The lowest BCUT2D eigenvalue weighted by molar-refractivity contribution is 0.486. The van der Waals surface area contributed by atoms with E-state index in [-0.39, 0.29) is 5.84 Å². The average Bonchev–Trinajstić information content (AvgIpc) is 2.51. The Labute approximate surface area is 126 Å². The van der Waals surface area contributed by atoms with E-state index in [1.165, 1.54) is 0 Å². The molecule has 0 unspecified atom stereocenters. The third-order valence-corrected chi connectivity index (χ3v) is 3.40. The van der Waals surface area contributed by atoms with Gasteiger partial charge in [-0.3, -0.25) is 5.41 Å². The van der Waals surface area contributed by atoms with Crippen LogP contribution in [0.5, 0.6) is 11.5 Å². The quantitative estimate of drug-likeness (QED) is 0.567. The molecule has 3 aromatic rings. The summed E-state index contributed by atoms with van der Waals surface area (Å²) in [7, 11) is 0. The van der Waals surface area contributed by atoms with Gasteiger partial charge >= 0.3 is 0 Å². The van der Waals surface area contributed by atoms with E-state index in [1.807, 2.05) is 30.3 Å². The highest BCUT2D eigenvalue weighted by Crippen LogP contribution is 2.33. The number of nitrogen functional groups attached to an aromatic ring is 1. The zero-order valence-corrected chi connectivity index (χ0v) is 11.8. The maximum absolute atomic E-state index is 7.32. The van der Waals surface area contributed by atoms with Crippen LogP contribution in [-0.2, 0) is 0 Å². The summed E-state index contributed by atoms with van der Waals surface area (Å²) in [5, 5.41) is 9.87. The monoisotopic (exact) mass is 297 g/mol. The predicted molar refractivity (Wildman–Crippen MR) is 84.3 cm³/mol. The Morgan fingerprint density at radius 2 is 1.81 bits per heavy atom. The number of pyridine rings is 1. The van der Waals surface area contributed by atoms with Crippen molar-refractivity contribution in [1.82, 2.24) is 4.98 Å². The number of nitrogens with one attached hydrogen (secondary N) is 1. The van der Waals surface area contributed by atoms with Gasteiger partial charge in [0.2, 0.25) is 0 Å². The van der Waals surface area contributed by atoms with Crippen LogP contribution in [0.15, 0.2) is 54.7 Å². The second-order valence-corrected chi connectivity index (χ2v) is 4.89. The summed E-state index contributed by atoms with van der Waals surface area (Å²) in [5.41, 5.74) is 5.79. The molecule has 4 nitrogen and oxygen atoms in total. The molecule has 5 heteroatoms. The molecule has 0 bridgehead atoms. The molecule has 3 rings (SSSR count). The number of nitrogens with two attached hydrogens (primary N) is 1. The van der Waals surface area contributed by atoms with Gasteiger partial charge in [-0.05, 0) is 24.3 Å². The van der Waals surface area contributed by atoms with E-state index in [9.17, 15) is 0 Å². The molecule has 3 N–H and O–H groups in total. The van der Waals surface area contributed by atoms with Gasteiger partial charge in [-0.2, -0.15) is 0 Å². The summed E-state index contributed by atoms with van der Waals surface area (Å²) in [4.78, 5) is 4.07. The van der Waals surface area contributed by atoms with Gasteiger partial charge in [-0.25, -0.2) is 4.98 Å². The average molecular weight is 298 g/mol. The normalized spacial score (nSPS) is 10.5. The van der Waals surface area contributed by atoms with Crippen molar-refractivity contribution in [3.63, 3.8) is 0 Å². The van der Waals surface area contributed by atoms with Crippen LogP contribution >= 0.6 is 11.6 Å². The van der Waals surface area contributed by atoms with Crippen molar-refractivity contribution in [1.29, 1.82) is 5.41 Å². The van der Waals surface area contributed by atoms with Gasteiger partial charge in [0, 0.05) is 15.8 Å². The summed E-state index contributed by atoms with van der Waals surface area (Å²) in [6.07, 6.45) is 1.54. The Balaban J connectivity index is 1.98. The molecule has 0 spiro atoms. The molecule has 21 heavy (non-hydrogen) atoms. The Morgan fingerprint density at radius 1 is 1.05 bits per heavy atom. The zero-order chi connectivity index (χ0) is 14.8. The Hall–Kier alpha value is -2.59. The van der Waals surface area contributed by atoms with Gasteiger partial charge in [0.05, 0.1) is 6.20 Å². The number of halogens is 1. The standard InChI is InChI=1S/C16H12ClN3O/c17-13-6-8-15(12-4-2-1-3-11(12)13)21-10-5-7-14(16(18)19)20-9-10/h1-9H,(H3,18,19). The van der Waals surface area contributed by atoms with E-state index in [0.717, 1.165) is 10.8 Å². The molecule has 0 aliphatic rings. The van der Waals surface area contributed by atoms with Gasteiger partial charge < -0.3 is 10.5 Å². The van der Waals surface area contributed by atoms with Crippen molar-refractivity contribution in [2.24, 2.45) is 5.73 Å². The number of rotatable bonds is 3. The lowest BCUT2D eigenvalue weighted by Gasteiger charge is -2.10. The van der Waals surface area contributed by atoms with Crippen LogP contribution in [-0.4, -0.2) is 10.8 Å². The third-order valence-electron chi connectivity index (χ3n) is 3.07. The molecule has 0 radical (unpaired) electrons. The lowest BCUT2D eigenvalue weighted by Crippen LogP contribution is -2.12. The number of fused-ring (bicyclic) bond motifs is 1. The highest BCUT2D eigenvalue weighted by Gasteiger charge is 2.07. The molecule has 0 fully saturated rings. The molecule has 0 amide bonds. The minimum Gasteiger partial charge on any atom is -0.455 e. The Kier molecular flexibility index (Phi) is 3.46. The Bertz CT molecular complexity index is 815. The fourth-order valence-corrected chi connectivity index (χ4v) is 2.28. The van der Waals surface area contributed by atoms with E-state index in [1.54, 1.807) is 24.4 Å². The van der Waals surface area contributed by atoms with Gasteiger partial charge in [0.15, 0.2) is 0 Å². The zero-order valence-electron chi connectivity index (χ0n) is 11.0. The van der Waals surface area contributed by atoms with E-state index >= 15 is 0 Å². The number of nitrogens with zero attached hydrogens (tertiary/aromatic N) is 1. The molecular formula is C16H12ClN3O. The van der Waals surface area contributed by atoms with Crippen molar-refractivity contribution in [3.8, 4) is 11.5 Å². The predicted octanol–water partition coefficient (Wildman–Crippen LogP) is 3.96. The fourth-order valence-electron chi connectivity index (χ4n) is 2.05. The number of ether oxygens (including phenoxy) is 1. The van der Waals surface area contributed by atoms with Crippen molar-refractivity contribution in [2.75, 3.05) is 0 Å². The molecular weight excluding hydrogens is 286 g/mol. The van der Waals surface area contributed by atoms with Gasteiger partial charge in [0.25, 0.3) is 0 Å². The molecule has 1 heterocycles. The van der Waals surface area contributed by atoms with Crippen LogP contribution < -0.4 is 10.5 Å². The first-order chi connectivity index (χ1) is 10.1. The topological polar surface area (TPSA) is 72.0 Å².